The van der Waals surface area contributed by atoms with E-state index in [-0.39, 0.29) is 23.1 Å². The zero-order valence-electron chi connectivity index (χ0n) is 20.4. The van der Waals surface area contributed by atoms with Crippen LogP contribution in [-0.4, -0.2) is 45.1 Å². The van der Waals surface area contributed by atoms with E-state index in [9.17, 15) is 22.4 Å². The average molecular weight is 531 g/mol. The fourth-order valence-corrected chi connectivity index (χ4v) is 5.95. The maximum absolute atomic E-state index is 13.9. The van der Waals surface area contributed by atoms with Gasteiger partial charge < -0.3 is 20.7 Å². The maximum Gasteiger partial charge on any atom is 0.573 e. The third-order valence-electron chi connectivity index (χ3n) is 8.10. The Kier molecular flexibility index (Phi) is 5.55. The van der Waals surface area contributed by atoms with Crippen LogP contribution in [0.5, 0.6) is 5.75 Å². The summed E-state index contributed by atoms with van der Waals surface area (Å²) < 4.78 is 58.0. The Morgan fingerprint density at radius 2 is 1.89 bits per heavy atom. The molecule has 3 aromatic rings. The second kappa shape index (κ2) is 8.60. The van der Waals surface area contributed by atoms with E-state index in [0.29, 0.717) is 30.9 Å². The van der Waals surface area contributed by atoms with Crippen molar-refractivity contribution < 1.29 is 27.1 Å². The third kappa shape index (κ3) is 4.21. The number of nitrogens with one attached hydrogen (secondary N) is 1. The van der Waals surface area contributed by atoms with Crippen LogP contribution in [0.4, 0.5) is 28.2 Å². The van der Waals surface area contributed by atoms with E-state index < -0.39 is 17.7 Å². The fraction of sp³-hybridized carbons (Fsp3) is 0.423. The van der Waals surface area contributed by atoms with Gasteiger partial charge in [-0.2, -0.15) is 5.10 Å². The summed E-state index contributed by atoms with van der Waals surface area (Å²) in [5.74, 6) is -1.27. The van der Waals surface area contributed by atoms with Gasteiger partial charge in [-0.3, -0.25) is 4.68 Å². The normalized spacial score (nSPS) is 21.8. The topological polar surface area (TPSA) is 98.3 Å². The van der Waals surface area contributed by atoms with E-state index in [1.54, 1.807) is 11.0 Å². The van der Waals surface area contributed by atoms with Gasteiger partial charge in [-0.15, -0.1) is 13.2 Å². The van der Waals surface area contributed by atoms with Gasteiger partial charge in [0.05, 0.1) is 11.2 Å². The number of fused-ring (bicyclic) bond motifs is 2. The zero-order chi connectivity index (χ0) is 26.7. The Balaban J connectivity index is 1.20. The number of benzene rings is 1. The first-order valence-corrected chi connectivity index (χ1v) is 12.5. The van der Waals surface area contributed by atoms with Crippen LogP contribution in [0, 0.1) is 5.82 Å². The number of nitrogen functional groups attached to an aromatic ring is 1. The Hall–Kier alpha value is -3.83. The molecular formula is C26H26F4N6O2. The molecule has 3 N–H and O–H groups in total. The first-order valence-electron chi connectivity index (χ1n) is 12.5. The van der Waals surface area contributed by atoms with Gasteiger partial charge in [0, 0.05) is 42.5 Å². The number of anilines is 1. The van der Waals surface area contributed by atoms with Crippen LogP contribution in [-0.2, 0) is 17.5 Å². The van der Waals surface area contributed by atoms with Crippen LogP contribution >= 0.6 is 0 Å². The summed E-state index contributed by atoms with van der Waals surface area (Å²) in [6.45, 7) is 1.68. The number of aromatic nitrogens is 3. The van der Waals surface area contributed by atoms with E-state index in [1.807, 2.05) is 16.8 Å². The van der Waals surface area contributed by atoms with Gasteiger partial charge in [-0.05, 0) is 61.9 Å². The highest BCUT2D eigenvalue weighted by atomic mass is 19.4. The second-order valence-corrected chi connectivity index (χ2v) is 10.4. The van der Waals surface area contributed by atoms with Crippen molar-refractivity contribution in [3.05, 3.63) is 59.7 Å². The number of pyridine rings is 1. The third-order valence-corrected chi connectivity index (χ3v) is 8.10. The van der Waals surface area contributed by atoms with Gasteiger partial charge in [-0.25, -0.2) is 14.2 Å². The summed E-state index contributed by atoms with van der Waals surface area (Å²) in [5, 5.41) is 7.77. The molecule has 2 amide bonds. The molecule has 6 rings (SSSR count). The molecular weight excluding hydrogens is 504 g/mol. The van der Waals surface area contributed by atoms with Crippen molar-refractivity contribution >= 4 is 11.8 Å². The number of carbonyl (C=O) groups is 1. The van der Waals surface area contributed by atoms with Crippen LogP contribution in [0.1, 0.15) is 43.4 Å². The zero-order valence-corrected chi connectivity index (χ0v) is 20.4. The number of ether oxygens (including phenoxy) is 1. The number of urea groups is 1. The average Bonchev–Trinajstić information content (AvgIpc) is 3.54. The van der Waals surface area contributed by atoms with Gasteiger partial charge in [0.15, 0.2) is 11.6 Å². The Morgan fingerprint density at radius 3 is 2.61 bits per heavy atom. The molecule has 1 unspecified atom stereocenters. The predicted octanol–water partition coefficient (Wildman–Crippen LogP) is 4.70. The van der Waals surface area contributed by atoms with Crippen molar-refractivity contribution in [2.45, 2.75) is 56.0 Å². The number of likely N-dealkylation sites (tertiary alicyclic amines) is 1. The number of amides is 2. The van der Waals surface area contributed by atoms with E-state index in [2.05, 4.69) is 20.1 Å². The molecule has 200 valence electrons. The highest BCUT2D eigenvalue weighted by Gasteiger charge is 2.48. The Morgan fingerprint density at radius 1 is 1.11 bits per heavy atom. The molecule has 8 nitrogen and oxygen atoms in total. The SMILES string of the molecule is Nc1ncc(-c2cc3n(n2)CCC32CCN(C(=O)NC3(c4cccc(F)c4)CCC3)C2)cc1OC(F)(F)F. The van der Waals surface area contributed by atoms with Crippen LogP contribution < -0.4 is 15.8 Å². The minimum absolute atomic E-state index is 0.180. The second-order valence-electron chi connectivity index (χ2n) is 10.4. The summed E-state index contributed by atoms with van der Waals surface area (Å²) in [6.07, 6.45) is 0.480. The molecule has 1 aliphatic carbocycles. The number of alkyl halides is 3. The molecule has 38 heavy (non-hydrogen) atoms. The number of nitrogens with two attached hydrogens (primary N) is 1. The van der Waals surface area contributed by atoms with Crippen molar-refractivity contribution in [3.63, 3.8) is 0 Å². The summed E-state index contributed by atoms with van der Waals surface area (Å²) >= 11 is 0. The molecule has 1 atom stereocenters. The molecule has 2 fully saturated rings. The molecule has 12 heteroatoms. The molecule has 1 saturated carbocycles. The lowest BCUT2D eigenvalue weighted by atomic mass is 9.72. The van der Waals surface area contributed by atoms with Gasteiger partial charge in [0.1, 0.15) is 5.82 Å². The lowest BCUT2D eigenvalue weighted by Crippen LogP contribution is -2.54. The fourth-order valence-electron chi connectivity index (χ4n) is 5.95. The number of nitrogens with zero attached hydrogens (tertiary/aromatic N) is 4. The molecule has 1 saturated heterocycles. The predicted molar refractivity (Wildman–Crippen MR) is 129 cm³/mol. The van der Waals surface area contributed by atoms with Crippen LogP contribution in [0.3, 0.4) is 0 Å². The first-order chi connectivity index (χ1) is 18.1. The Labute approximate surface area is 215 Å². The van der Waals surface area contributed by atoms with Crippen LogP contribution in [0.25, 0.3) is 11.3 Å². The van der Waals surface area contributed by atoms with Gasteiger partial charge in [-0.1, -0.05) is 12.1 Å². The lowest BCUT2D eigenvalue weighted by molar-refractivity contribution is -0.274. The summed E-state index contributed by atoms with van der Waals surface area (Å²) in [7, 11) is 0. The quantitative estimate of drug-likeness (QED) is 0.477. The maximum atomic E-state index is 13.9. The molecule has 2 aliphatic heterocycles. The number of rotatable bonds is 4. The molecule has 4 heterocycles. The van der Waals surface area contributed by atoms with Gasteiger partial charge in [0.2, 0.25) is 0 Å². The molecule has 1 spiro atoms. The van der Waals surface area contributed by atoms with Crippen LogP contribution in [0.2, 0.25) is 0 Å². The number of aryl methyl sites for hydroxylation is 1. The van der Waals surface area contributed by atoms with E-state index >= 15 is 0 Å². The number of halogens is 4. The number of hydrogen-bond donors (Lipinski definition) is 2. The molecule has 0 radical (unpaired) electrons. The standard InChI is InChI=1S/C26H26F4N6O2/c27-18-4-1-3-17(12-18)25(5-2-6-25)33-23(37)35-9-7-24(15-35)8-10-36-21(24)13-19(34-36)16-11-20(22(31)32-14-16)38-26(28,29)30/h1,3-4,11-14H,2,5-10,15H2,(H2,31,32)(H,33,37). The lowest BCUT2D eigenvalue weighted by Gasteiger charge is -2.44. The van der Waals surface area contributed by atoms with Crippen molar-refractivity contribution in [2.24, 2.45) is 0 Å². The molecule has 1 aromatic carbocycles. The largest absolute Gasteiger partial charge is 0.573 e. The number of carbonyl (C=O) groups excluding carboxylic acids is 1. The monoisotopic (exact) mass is 530 g/mol. The highest BCUT2D eigenvalue weighted by molar-refractivity contribution is 5.76. The van der Waals surface area contributed by atoms with Crippen LogP contribution in [0.15, 0.2) is 42.6 Å². The minimum atomic E-state index is -4.89. The molecule has 2 aromatic heterocycles. The van der Waals surface area contributed by atoms with Crippen molar-refractivity contribution in [1.29, 1.82) is 0 Å². The number of hydrogen-bond acceptors (Lipinski definition) is 5. The summed E-state index contributed by atoms with van der Waals surface area (Å²) in [6, 6.07) is 9.23. The van der Waals surface area contributed by atoms with Gasteiger partial charge in [0.25, 0.3) is 0 Å². The van der Waals surface area contributed by atoms with Crippen molar-refractivity contribution in [3.8, 4) is 17.0 Å². The summed E-state index contributed by atoms with van der Waals surface area (Å²) in [5.41, 5.74) is 7.22. The molecule has 0 bridgehead atoms. The van der Waals surface area contributed by atoms with E-state index in [4.69, 9.17) is 5.73 Å². The van der Waals surface area contributed by atoms with Crippen molar-refractivity contribution in [1.82, 2.24) is 25.0 Å². The van der Waals surface area contributed by atoms with E-state index in [0.717, 1.165) is 43.4 Å². The Bertz CT molecular complexity index is 1400. The smallest absolute Gasteiger partial charge is 0.402 e. The molecule has 3 aliphatic rings. The highest BCUT2D eigenvalue weighted by Crippen LogP contribution is 2.45. The van der Waals surface area contributed by atoms with Crippen molar-refractivity contribution in [2.75, 3.05) is 18.8 Å². The van der Waals surface area contributed by atoms with Gasteiger partial charge >= 0.3 is 12.4 Å². The first kappa shape index (κ1) is 24.5. The van der Waals surface area contributed by atoms with E-state index in [1.165, 1.54) is 24.4 Å². The minimum Gasteiger partial charge on any atom is -0.402 e. The summed E-state index contributed by atoms with van der Waals surface area (Å²) in [4.78, 5) is 19.0.